The molecule has 2 amide bonds. The first kappa shape index (κ1) is 16.1. The summed E-state index contributed by atoms with van der Waals surface area (Å²) >= 11 is 0. The van der Waals surface area contributed by atoms with Crippen LogP contribution in [-0.4, -0.2) is 32.3 Å². The highest BCUT2D eigenvalue weighted by Crippen LogP contribution is 2.24. The van der Waals surface area contributed by atoms with Crippen molar-refractivity contribution in [1.82, 2.24) is 10.6 Å². The largest absolute Gasteiger partial charge is 0.497 e. The first-order chi connectivity index (χ1) is 9.35. The standard InChI is InChI=1S/C15H24N2O3/c1-15(2,3)17-14(18)16-9-8-11-10-12(19-4)6-7-13(11)20-5/h6-7,10H,8-9H2,1-5H3,(H2,16,17,18). The molecule has 0 spiro atoms. The van der Waals surface area contributed by atoms with E-state index in [1.54, 1.807) is 14.2 Å². The highest BCUT2D eigenvalue weighted by atomic mass is 16.5. The molecule has 1 aromatic rings. The molecule has 0 heterocycles. The third-order valence-corrected chi connectivity index (χ3v) is 2.66. The molecule has 0 atom stereocenters. The zero-order valence-electron chi connectivity index (χ0n) is 12.9. The summed E-state index contributed by atoms with van der Waals surface area (Å²) in [4.78, 5) is 11.6. The van der Waals surface area contributed by atoms with Gasteiger partial charge in [-0.1, -0.05) is 0 Å². The van der Waals surface area contributed by atoms with Gasteiger partial charge >= 0.3 is 6.03 Å². The van der Waals surface area contributed by atoms with E-state index in [0.29, 0.717) is 13.0 Å². The Balaban J connectivity index is 2.55. The summed E-state index contributed by atoms with van der Waals surface area (Å²) in [5.74, 6) is 1.57. The maximum atomic E-state index is 11.6. The summed E-state index contributed by atoms with van der Waals surface area (Å²) in [6.07, 6.45) is 0.679. The van der Waals surface area contributed by atoms with Gasteiger partial charge in [0.05, 0.1) is 14.2 Å². The molecular formula is C15H24N2O3. The van der Waals surface area contributed by atoms with Crippen molar-refractivity contribution in [3.63, 3.8) is 0 Å². The van der Waals surface area contributed by atoms with E-state index < -0.39 is 0 Å². The lowest BCUT2D eigenvalue weighted by atomic mass is 10.1. The topological polar surface area (TPSA) is 59.6 Å². The van der Waals surface area contributed by atoms with Crippen molar-refractivity contribution in [2.45, 2.75) is 32.7 Å². The fourth-order valence-corrected chi connectivity index (χ4v) is 1.77. The molecule has 2 N–H and O–H groups in total. The molecule has 112 valence electrons. The van der Waals surface area contributed by atoms with Crippen LogP contribution in [-0.2, 0) is 6.42 Å². The first-order valence-corrected chi connectivity index (χ1v) is 6.62. The predicted octanol–water partition coefficient (Wildman–Crippen LogP) is 2.34. The number of urea groups is 1. The zero-order chi connectivity index (χ0) is 15.2. The lowest BCUT2D eigenvalue weighted by molar-refractivity contribution is 0.232. The number of carbonyl (C=O) groups is 1. The quantitative estimate of drug-likeness (QED) is 0.870. The number of hydrogen-bond acceptors (Lipinski definition) is 3. The number of benzene rings is 1. The van der Waals surface area contributed by atoms with Gasteiger partial charge in [0.1, 0.15) is 11.5 Å². The summed E-state index contributed by atoms with van der Waals surface area (Å²) < 4.78 is 10.5. The molecule has 0 aliphatic heterocycles. The highest BCUT2D eigenvalue weighted by Gasteiger charge is 2.13. The van der Waals surface area contributed by atoms with Crippen LogP contribution in [0.3, 0.4) is 0 Å². The second kappa shape index (κ2) is 7.03. The Bertz CT molecular complexity index is 453. The Morgan fingerprint density at radius 1 is 1.20 bits per heavy atom. The van der Waals surface area contributed by atoms with E-state index in [9.17, 15) is 4.79 Å². The first-order valence-electron chi connectivity index (χ1n) is 6.62. The minimum Gasteiger partial charge on any atom is -0.497 e. The van der Waals surface area contributed by atoms with Crippen molar-refractivity contribution in [1.29, 1.82) is 0 Å². The second-order valence-corrected chi connectivity index (χ2v) is 5.56. The van der Waals surface area contributed by atoms with Crippen LogP contribution < -0.4 is 20.1 Å². The Hall–Kier alpha value is -1.91. The summed E-state index contributed by atoms with van der Waals surface area (Å²) in [5, 5.41) is 5.68. The lowest BCUT2D eigenvalue weighted by Gasteiger charge is -2.20. The average Bonchev–Trinajstić information content (AvgIpc) is 2.36. The van der Waals surface area contributed by atoms with Crippen LogP contribution in [0.5, 0.6) is 11.5 Å². The summed E-state index contributed by atoms with van der Waals surface area (Å²) in [6, 6.07) is 5.47. The normalized spacial score (nSPS) is 10.8. The van der Waals surface area contributed by atoms with Crippen LogP contribution in [0, 0.1) is 0 Å². The number of amides is 2. The molecule has 0 bridgehead atoms. The molecule has 0 radical (unpaired) electrons. The molecule has 5 heteroatoms. The summed E-state index contributed by atoms with van der Waals surface area (Å²) in [7, 11) is 3.26. The Morgan fingerprint density at radius 2 is 1.90 bits per heavy atom. The van der Waals surface area contributed by atoms with E-state index in [1.807, 2.05) is 39.0 Å². The summed E-state index contributed by atoms with van der Waals surface area (Å²) in [5.41, 5.74) is 0.764. The van der Waals surface area contributed by atoms with Gasteiger partial charge in [0, 0.05) is 12.1 Å². The molecule has 1 aromatic carbocycles. The third-order valence-electron chi connectivity index (χ3n) is 2.66. The Labute approximate surface area is 120 Å². The maximum absolute atomic E-state index is 11.6. The van der Waals surface area contributed by atoms with Crippen molar-refractivity contribution < 1.29 is 14.3 Å². The van der Waals surface area contributed by atoms with E-state index >= 15 is 0 Å². The SMILES string of the molecule is COc1ccc(OC)c(CCNC(=O)NC(C)(C)C)c1. The number of methoxy groups -OCH3 is 2. The van der Waals surface area contributed by atoms with Gasteiger partial charge in [0.2, 0.25) is 0 Å². The molecule has 0 fully saturated rings. The number of nitrogens with one attached hydrogen (secondary N) is 2. The Kier molecular flexibility index (Phi) is 5.67. The Morgan fingerprint density at radius 3 is 2.45 bits per heavy atom. The van der Waals surface area contributed by atoms with Gasteiger partial charge in [-0.25, -0.2) is 4.79 Å². The van der Waals surface area contributed by atoms with Gasteiger partial charge in [-0.05, 0) is 51.0 Å². The van der Waals surface area contributed by atoms with Crippen LogP contribution >= 0.6 is 0 Å². The number of ether oxygens (including phenoxy) is 2. The van der Waals surface area contributed by atoms with E-state index in [4.69, 9.17) is 9.47 Å². The monoisotopic (exact) mass is 280 g/mol. The smallest absolute Gasteiger partial charge is 0.315 e. The van der Waals surface area contributed by atoms with Crippen LogP contribution in [0.15, 0.2) is 18.2 Å². The van der Waals surface area contributed by atoms with Gasteiger partial charge in [-0.3, -0.25) is 0 Å². The van der Waals surface area contributed by atoms with Gasteiger partial charge in [-0.2, -0.15) is 0 Å². The molecule has 0 unspecified atom stereocenters. The van der Waals surface area contributed by atoms with Crippen molar-refractivity contribution >= 4 is 6.03 Å². The highest BCUT2D eigenvalue weighted by molar-refractivity contribution is 5.74. The molecular weight excluding hydrogens is 256 g/mol. The van der Waals surface area contributed by atoms with Crippen LogP contribution in [0.4, 0.5) is 4.79 Å². The molecule has 5 nitrogen and oxygen atoms in total. The van der Waals surface area contributed by atoms with Crippen molar-refractivity contribution in [2.75, 3.05) is 20.8 Å². The molecule has 1 rings (SSSR count). The van der Waals surface area contributed by atoms with Gasteiger partial charge in [-0.15, -0.1) is 0 Å². The van der Waals surface area contributed by atoms with E-state index in [0.717, 1.165) is 17.1 Å². The van der Waals surface area contributed by atoms with Crippen molar-refractivity contribution in [2.24, 2.45) is 0 Å². The number of hydrogen-bond donors (Lipinski definition) is 2. The molecule has 0 saturated heterocycles. The van der Waals surface area contributed by atoms with Gasteiger partial charge < -0.3 is 20.1 Å². The predicted molar refractivity (Wildman–Crippen MR) is 79.5 cm³/mol. The fraction of sp³-hybridized carbons (Fsp3) is 0.533. The molecule has 0 aromatic heterocycles. The minimum absolute atomic E-state index is 0.167. The van der Waals surface area contributed by atoms with E-state index in [1.165, 1.54) is 0 Å². The minimum atomic E-state index is -0.238. The summed E-state index contributed by atoms with van der Waals surface area (Å²) in [6.45, 7) is 6.36. The van der Waals surface area contributed by atoms with Gasteiger partial charge in [0.15, 0.2) is 0 Å². The average molecular weight is 280 g/mol. The van der Waals surface area contributed by atoms with Crippen molar-refractivity contribution in [3.8, 4) is 11.5 Å². The zero-order valence-corrected chi connectivity index (χ0v) is 12.9. The van der Waals surface area contributed by atoms with Crippen LogP contribution in [0.2, 0.25) is 0 Å². The molecule has 0 aliphatic rings. The molecule has 0 aliphatic carbocycles. The molecule has 0 saturated carbocycles. The third kappa shape index (κ3) is 5.38. The maximum Gasteiger partial charge on any atom is 0.315 e. The lowest BCUT2D eigenvalue weighted by Crippen LogP contribution is -2.46. The van der Waals surface area contributed by atoms with Crippen LogP contribution in [0.1, 0.15) is 26.3 Å². The van der Waals surface area contributed by atoms with Crippen LogP contribution in [0.25, 0.3) is 0 Å². The second-order valence-electron chi connectivity index (χ2n) is 5.56. The van der Waals surface area contributed by atoms with Gasteiger partial charge in [0.25, 0.3) is 0 Å². The molecule has 20 heavy (non-hydrogen) atoms. The van der Waals surface area contributed by atoms with Crippen molar-refractivity contribution in [3.05, 3.63) is 23.8 Å². The van der Waals surface area contributed by atoms with E-state index in [-0.39, 0.29) is 11.6 Å². The number of carbonyl (C=O) groups excluding carboxylic acids is 1. The number of rotatable bonds is 5. The fourth-order valence-electron chi connectivity index (χ4n) is 1.77. The van der Waals surface area contributed by atoms with E-state index in [2.05, 4.69) is 10.6 Å².